The normalized spacial score (nSPS) is 14.8. The van der Waals surface area contributed by atoms with Crippen LogP contribution in [0.5, 0.6) is 0 Å². The molecule has 2 unspecified atom stereocenters. The molecular formula is C81H111Br2F4N4O10PPdZn. The van der Waals surface area contributed by atoms with E-state index in [4.69, 9.17) is 24.5 Å². The van der Waals surface area contributed by atoms with Crippen LogP contribution in [0.4, 0.5) is 22.4 Å². The predicted octanol–water partition coefficient (Wildman–Crippen LogP) is 18.2. The Bertz CT molecular complexity index is 3540. The Kier molecular flexibility index (Phi) is 44.2. The summed E-state index contributed by atoms with van der Waals surface area (Å²) in [6, 6.07) is 37.0. The molecule has 2 aliphatic rings. The van der Waals surface area contributed by atoms with Gasteiger partial charge in [-0.15, -0.1) is 0 Å². The van der Waals surface area contributed by atoms with Crippen molar-refractivity contribution >= 4 is 72.6 Å². The van der Waals surface area contributed by atoms with Crippen molar-refractivity contribution in [1.82, 2.24) is 20.9 Å². The fourth-order valence-corrected chi connectivity index (χ4v) is 16.9. The van der Waals surface area contributed by atoms with Gasteiger partial charge in [0.1, 0.15) is 28.9 Å². The van der Waals surface area contributed by atoms with Crippen LogP contribution in [0.2, 0.25) is 0 Å². The SMILES string of the molecule is CC(=O)N[C@@H](Cc1cc(F)cc(F)c1)[C@H](O)CN(C(=O)OC(C)(C)C)C1CCCc2ccc(Br)cc21.CC(=O)N[C@@H](Cc1cc(F)cc(F)c1)[C@H](O)CNC1CCCc2ccc(CC(C)C)cc21.CC(=O)O.CC(=O)O.CC(C)(C)P(c1ccccc1-c1ccccc1)C(C)(C)C.[CH2-]C(C)C.[Pd].[Zn+][Br]. The summed E-state index contributed by atoms with van der Waals surface area (Å²) in [5.41, 5.74) is 8.66. The zero-order chi connectivity index (χ0) is 78.3. The molecule has 574 valence electrons. The average molecular weight is 1740 g/mol. The minimum atomic E-state index is -1.23. The van der Waals surface area contributed by atoms with Gasteiger partial charge in [0.2, 0.25) is 11.8 Å². The Morgan fingerprint density at radius 2 is 1.04 bits per heavy atom. The maximum atomic E-state index is 13.8. The summed E-state index contributed by atoms with van der Waals surface area (Å²) in [7, 11) is -0.282. The van der Waals surface area contributed by atoms with Crippen LogP contribution in [0.15, 0.2) is 132 Å². The van der Waals surface area contributed by atoms with E-state index in [0.717, 1.165) is 92.2 Å². The third kappa shape index (κ3) is 37.5. The molecule has 6 atom stereocenters. The second kappa shape index (κ2) is 47.5. The third-order valence-corrected chi connectivity index (χ3v) is 19.6. The molecule has 0 radical (unpaired) electrons. The van der Waals surface area contributed by atoms with E-state index in [-0.39, 0.29) is 77.8 Å². The molecule has 0 saturated carbocycles. The number of benzene rings is 6. The first-order valence-corrected chi connectivity index (χ1v) is 43.9. The predicted molar refractivity (Wildman–Crippen MR) is 412 cm³/mol. The van der Waals surface area contributed by atoms with Crippen LogP contribution in [0.3, 0.4) is 0 Å². The standard InChI is InChI=1S/C27H33BrF2N2O4.C26H34F2N2O2.C20H27P.C4H9.2C2H4O2.BrH.Pd.Zn/c1-16(33)31-23(12-17-10-20(29)14-21(30)11-17)25(34)15-32(26(35)36-27(2,3)4)24-7-5-6-18-8-9-19(28)13-22(18)24;1-16(2)9-18-7-8-20-5-4-6-24(23(20)12-18)29-15-26(32)25(30-17(3)31)13-19-10-21(27)14-22(28)11-19;1-19(2,3)21(20(4,5)6)18-15-11-10-14-17(18)16-12-8-7-9-13-16;1-4(2)3;2*1-2(3)4;;;/h8-11,13-14,23-25,34H,5-7,12,15H2,1-4H3,(H,31,33);7-8,10-12,14,16,24-26,29,32H,4-6,9,13,15H2,1-3H3,(H,30,31);7-15H,1-6H3;4H,1H2,2-3H3;2*1H3,(H,3,4);1H;;/q;;;-1;;;;;+2/p-1/t23-,24?,25+;24?,25-,26+;;;;;;;/m00......./s1. The fourth-order valence-electron chi connectivity index (χ4n) is 12.4. The molecule has 0 fully saturated rings. The van der Waals surface area contributed by atoms with Gasteiger partial charge in [-0.25, -0.2) is 22.4 Å². The summed E-state index contributed by atoms with van der Waals surface area (Å²) in [6.07, 6.45) is 3.92. The van der Waals surface area contributed by atoms with E-state index in [1.54, 1.807) is 20.8 Å². The molecule has 0 spiro atoms. The average Bonchev–Trinajstić information content (AvgIpc) is 0.785. The van der Waals surface area contributed by atoms with Crippen LogP contribution in [-0.4, -0.2) is 108 Å². The van der Waals surface area contributed by atoms with E-state index in [1.165, 1.54) is 80.3 Å². The zero-order valence-electron chi connectivity index (χ0n) is 63.7. The number of carboxylic acid groups (broad SMARTS) is 2. The maximum absolute atomic E-state index is 13.8. The number of rotatable bonds is 18. The summed E-state index contributed by atoms with van der Waals surface area (Å²) in [5, 5.41) is 47.9. The second-order valence-electron chi connectivity index (χ2n) is 29.6. The number of carboxylic acids is 2. The summed E-state index contributed by atoms with van der Waals surface area (Å²) in [5.74, 6) is -4.06. The van der Waals surface area contributed by atoms with Crippen molar-refractivity contribution < 1.29 is 103 Å². The van der Waals surface area contributed by atoms with Gasteiger partial charge in [-0.2, -0.15) is 5.92 Å². The van der Waals surface area contributed by atoms with Crippen LogP contribution in [0, 0.1) is 42.0 Å². The van der Waals surface area contributed by atoms with Crippen LogP contribution < -0.4 is 21.3 Å². The van der Waals surface area contributed by atoms with Crippen molar-refractivity contribution in [3.8, 4) is 11.1 Å². The molecule has 23 heteroatoms. The number of nitrogens with one attached hydrogen (secondary N) is 3. The van der Waals surface area contributed by atoms with Crippen molar-refractivity contribution in [3.63, 3.8) is 0 Å². The van der Waals surface area contributed by atoms with E-state index in [2.05, 4.69) is 194 Å². The Morgan fingerprint density at radius 3 is 1.49 bits per heavy atom. The monoisotopic (exact) mass is 1730 g/mol. The quantitative estimate of drug-likeness (QED) is 0.0186. The molecule has 0 bridgehead atoms. The Morgan fingerprint density at radius 1 is 0.606 bits per heavy atom. The first-order chi connectivity index (χ1) is 47.9. The van der Waals surface area contributed by atoms with Gasteiger partial charge in [0.05, 0.1) is 36.9 Å². The second-order valence-corrected chi connectivity index (χ2v) is 34.3. The van der Waals surface area contributed by atoms with Gasteiger partial charge in [0.25, 0.3) is 11.9 Å². The van der Waals surface area contributed by atoms with Crippen molar-refractivity contribution in [2.24, 2.45) is 11.8 Å². The van der Waals surface area contributed by atoms with Gasteiger partial charge in [0.15, 0.2) is 0 Å². The number of aliphatic hydroxyl groups excluding tert-OH is 2. The van der Waals surface area contributed by atoms with E-state index < -0.39 is 77.1 Å². The first kappa shape index (κ1) is 96.8. The van der Waals surface area contributed by atoms with E-state index in [9.17, 15) is 42.2 Å². The number of carbonyl (C=O) groups excluding carboxylic acids is 3. The van der Waals surface area contributed by atoms with Gasteiger partial charge < -0.3 is 48.0 Å². The van der Waals surface area contributed by atoms with Crippen LogP contribution in [0.25, 0.3) is 11.1 Å². The summed E-state index contributed by atoms with van der Waals surface area (Å²) >= 11 is 7.76. The molecule has 0 aromatic heterocycles. The molecule has 0 saturated heterocycles. The van der Waals surface area contributed by atoms with Gasteiger partial charge in [-0.3, -0.25) is 24.1 Å². The third-order valence-electron chi connectivity index (χ3n) is 15.6. The van der Waals surface area contributed by atoms with Crippen LogP contribution in [0.1, 0.15) is 194 Å². The number of aryl methyl sites for hydroxylation is 2. The van der Waals surface area contributed by atoms with Crippen molar-refractivity contribution in [2.75, 3.05) is 13.1 Å². The number of halogens is 6. The number of hydrogen-bond donors (Lipinski definition) is 7. The molecule has 0 aliphatic heterocycles. The van der Waals surface area contributed by atoms with E-state index >= 15 is 0 Å². The van der Waals surface area contributed by atoms with Gasteiger partial charge in [0, 0.05) is 77.3 Å². The molecule has 7 N–H and O–H groups in total. The Balaban J connectivity index is 0.000000726. The van der Waals surface area contributed by atoms with Crippen molar-refractivity contribution in [1.29, 1.82) is 0 Å². The number of amides is 3. The summed E-state index contributed by atoms with van der Waals surface area (Å²) in [4.78, 5) is 56.5. The topological polar surface area (TPSA) is 215 Å². The van der Waals surface area contributed by atoms with Crippen LogP contribution in [-0.2, 0) is 92.8 Å². The Hall–Kier alpha value is -5.25. The number of hydrogen-bond acceptors (Lipinski definition) is 9. The number of aliphatic hydroxyl groups is 2. The molecule has 0 heterocycles. The zero-order valence-corrected chi connectivity index (χ0v) is 72.2. The van der Waals surface area contributed by atoms with Gasteiger partial charge in [-0.05, 0) is 187 Å². The number of ether oxygens (including phenoxy) is 1. The van der Waals surface area contributed by atoms with E-state index in [1.807, 2.05) is 18.2 Å². The fraction of sp³-hybridized carbons (Fsp3) is 0.481. The first-order valence-electron chi connectivity index (χ1n) is 34.8. The van der Waals surface area contributed by atoms with Crippen molar-refractivity contribution in [2.45, 2.75) is 228 Å². The molecule has 104 heavy (non-hydrogen) atoms. The molecule has 3 amide bonds. The number of carbonyl (C=O) groups is 5. The molecule has 14 nitrogen and oxygen atoms in total. The molecule has 2 aliphatic carbocycles. The summed E-state index contributed by atoms with van der Waals surface area (Å²) in [6.45, 7) is 36.7. The number of fused-ring (bicyclic) bond motifs is 2. The van der Waals surface area contributed by atoms with Gasteiger partial charge >= 0.3 is 36.1 Å². The summed E-state index contributed by atoms with van der Waals surface area (Å²) < 4.78 is 61.3. The number of nitrogens with zero attached hydrogens (tertiary/aromatic N) is 1. The molecule has 6 aromatic carbocycles. The molecular weight excluding hydrogens is 1630 g/mol. The molecule has 8 rings (SSSR count). The van der Waals surface area contributed by atoms with Crippen LogP contribution >= 0.6 is 37.5 Å². The number of aliphatic carboxylic acids is 2. The Labute approximate surface area is 656 Å². The van der Waals surface area contributed by atoms with Gasteiger partial charge in [-0.1, -0.05) is 172 Å². The minimum absolute atomic E-state index is 0. The van der Waals surface area contributed by atoms with E-state index in [0.29, 0.717) is 34.1 Å². The molecule has 6 aromatic rings. The van der Waals surface area contributed by atoms with Crippen molar-refractivity contribution in [3.05, 3.63) is 201 Å².